The maximum atomic E-state index is 13.5. The Balaban J connectivity index is 1.63. The van der Waals surface area contributed by atoms with Gasteiger partial charge in [-0.25, -0.2) is 0 Å². The van der Waals surface area contributed by atoms with Crippen LogP contribution in [0.1, 0.15) is 78.6 Å². The van der Waals surface area contributed by atoms with Crippen LogP contribution >= 0.6 is 0 Å². The van der Waals surface area contributed by atoms with Gasteiger partial charge in [0.2, 0.25) is 0 Å². The molecule has 4 aliphatic rings. The van der Waals surface area contributed by atoms with E-state index in [1.165, 1.54) is 5.57 Å². The SMILES string of the molecule is C[C@H](CCC(=O)[O-])[C@@H]1CC[C@H]2[C@H]3CC[C@H]4C[C@H](O)CC[C@]4(C)C3=CC(=O)[C@]12C. The molecule has 0 aliphatic heterocycles. The van der Waals surface area contributed by atoms with Gasteiger partial charge < -0.3 is 15.0 Å². The summed E-state index contributed by atoms with van der Waals surface area (Å²) in [6, 6.07) is 0. The molecule has 0 aromatic rings. The predicted octanol–water partition coefficient (Wildman–Crippen LogP) is 3.27. The van der Waals surface area contributed by atoms with Gasteiger partial charge in [-0.05, 0) is 98.9 Å². The Morgan fingerprint density at radius 1 is 1.25 bits per heavy atom. The zero-order valence-corrected chi connectivity index (χ0v) is 17.6. The molecule has 0 spiro atoms. The molecule has 4 aliphatic carbocycles. The highest BCUT2D eigenvalue weighted by Crippen LogP contribution is 2.65. The normalized spacial score (nSPS) is 46.2. The summed E-state index contributed by atoms with van der Waals surface area (Å²) in [5.74, 6) is 1.14. The van der Waals surface area contributed by atoms with E-state index in [2.05, 4.69) is 20.8 Å². The molecule has 156 valence electrons. The van der Waals surface area contributed by atoms with Crippen LogP contribution in [-0.4, -0.2) is 23.0 Å². The number of carbonyl (C=O) groups is 2. The number of ketones is 1. The number of carbonyl (C=O) groups excluding carboxylic acids is 2. The first kappa shape index (κ1) is 20.1. The van der Waals surface area contributed by atoms with Crippen molar-refractivity contribution in [3.63, 3.8) is 0 Å². The molecule has 0 unspecified atom stereocenters. The number of hydrogen-bond acceptors (Lipinski definition) is 4. The predicted molar refractivity (Wildman–Crippen MR) is 105 cm³/mol. The van der Waals surface area contributed by atoms with Crippen molar-refractivity contribution in [3.05, 3.63) is 11.6 Å². The van der Waals surface area contributed by atoms with Crippen LogP contribution in [0.15, 0.2) is 11.6 Å². The van der Waals surface area contributed by atoms with Crippen LogP contribution in [0.4, 0.5) is 0 Å². The number of aliphatic hydroxyl groups excluding tert-OH is 1. The average molecular weight is 388 g/mol. The van der Waals surface area contributed by atoms with Crippen LogP contribution in [-0.2, 0) is 9.59 Å². The molecule has 4 heteroatoms. The van der Waals surface area contributed by atoms with Gasteiger partial charge in [-0.3, -0.25) is 4.79 Å². The molecular weight excluding hydrogens is 352 g/mol. The van der Waals surface area contributed by atoms with Crippen molar-refractivity contribution in [2.24, 2.45) is 40.4 Å². The monoisotopic (exact) mass is 387 g/mol. The first-order valence-electron chi connectivity index (χ1n) is 11.3. The van der Waals surface area contributed by atoms with E-state index in [-0.39, 0.29) is 41.0 Å². The summed E-state index contributed by atoms with van der Waals surface area (Å²) in [4.78, 5) is 24.5. The topological polar surface area (TPSA) is 77.4 Å². The second-order valence-electron chi connectivity index (χ2n) is 10.7. The molecule has 3 fully saturated rings. The van der Waals surface area contributed by atoms with Crippen LogP contribution in [0.25, 0.3) is 0 Å². The lowest BCUT2D eigenvalue weighted by atomic mass is 9.48. The number of hydrogen-bond donors (Lipinski definition) is 1. The molecule has 0 radical (unpaired) electrons. The Hall–Kier alpha value is -1.16. The van der Waals surface area contributed by atoms with E-state index < -0.39 is 5.97 Å². The van der Waals surface area contributed by atoms with Gasteiger partial charge in [-0.15, -0.1) is 0 Å². The summed E-state index contributed by atoms with van der Waals surface area (Å²) in [6.45, 7) is 6.63. The Bertz CT molecular complexity index is 697. The quantitative estimate of drug-likeness (QED) is 0.803. The highest BCUT2D eigenvalue weighted by atomic mass is 16.4. The summed E-state index contributed by atoms with van der Waals surface area (Å²) in [6.07, 6.45) is 9.61. The smallest absolute Gasteiger partial charge is 0.162 e. The minimum absolute atomic E-state index is 0.0673. The average Bonchev–Trinajstić information content (AvgIpc) is 3.00. The standard InChI is InChI=1S/C24H36O4/c1-14(4-9-22(27)28)18-7-8-19-17-6-5-15-12-16(25)10-11-23(15,2)20(17)13-21(26)24(18,19)3/h13-19,25H,4-12H2,1-3H3,(H,27,28)/p-1/t14-,15+,16-,17-,18+,19+,23+,24-/m1/s1. The molecule has 3 saturated carbocycles. The number of aliphatic carboxylic acids is 1. The fourth-order valence-corrected chi connectivity index (χ4v) is 7.78. The van der Waals surface area contributed by atoms with E-state index in [1.54, 1.807) is 0 Å². The lowest BCUT2D eigenvalue weighted by Crippen LogP contribution is -2.52. The Morgan fingerprint density at radius 3 is 2.71 bits per heavy atom. The molecule has 1 N–H and O–H groups in total. The van der Waals surface area contributed by atoms with Crippen molar-refractivity contribution in [2.45, 2.75) is 84.7 Å². The molecule has 0 bridgehead atoms. The third kappa shape index (κ3) is 2.89. The molecule has 4 nitrogen and oxygen atoms in total. The van der Waals surface area contributed by atoms with Crippen LogP contribution in [0.5, 0.6) is 0 Å². The van der Waals surface area contributed by atoms with Crippen LogP contribution in [0.2, 0.25) is 0 Å². The molecule has 0 amide bonds. The number of fused-ring (bicyclic) bond motifs is 5. The highest BCUT2D eigenvalue weighted by Gasteiger charge is 2.60. The van der Waals surface area contributed by atoms with Gasteiger partial charge in [0.15, 0.2) is 5.78 Å². The molecular formula is C24H35O4-. The molecule has 0 aromatic heterocycles. The minimum atomic E-state index is -0.991. The third-order valence-electron chi connectivity index (χ3n) is 9.46. The largest absolute Gasteiger partial charge is 0.550 e. The first-order chi connectivity index (χ1) is 13.2. The van der Waals surface area contributed by atoms with Gasteiger partial charge in [0.25, 0.3) is 0 Å². The third-order valence-corrected chi connectivity index (χ3v) is 9.46. The summed E-state index contributed by atoms with van der Waals surface area (Å²) >= 11 is 0. The summed E-state index contributed by atoms with van der Waals surface area (Å²) < 4.78 is 0. The molecule has 0 aromatic carbocycles. The molecule has 28 heavy (non-hydrogen) atoms. The zero-order chi connectivity index (χ0) is 20.3. The van der Waals surface area contributed by atoms with E-state index in [9.17, 15) is 19.8 Å². The van der Waals surface area contributed by atoms with Crippen molar-refractivity contribution in [3.8, 4) is 0 Å². The Labute approximate surface area is 168 Å². The van der Waals surface area contributed by atoms with Crippen molar-refractivity contribution < 1.29 is 19.8 Å². The van der Waals surface area contributed by atoms with Gasteiger partial charge in [0.1, 0.15) is 0 Å². The van der Waals surface area contributed by atoms with Crippen LogP contribution in [0, 0.1) is 40.4 Å². The number of carboxylic acid groups (broad SMARTS) is 1. The molecule has 4 rings (SSSR count). The maximum Gasteiger partial charge on any atom is 0.162 e. The second kappa shape index (κ2) is 6.97. The number of rotatable bonds is 4. The fourth-order valence-electron chi connectivity index (χ4n) is 7.78. The van der Waals surface area contributed by atoms with Crippen molar-refractivity contribution >= 4 is 11.8 Å². The van der Waals surface area contributed by atoms with E-state index in [1.807, 2.05) is 6.08 Å². The minimum Gasteiger partial charge on any atom is -0.550 e. The van der Waals surface area contributed by atoms with Crippen molar-refractivity contribution in [1.82, 2.24) is 0 Å². The van der Waals surface area contributed by atoms with E-state index in [0.29, 0.717) is 24.2 Å². The number of aliphatic hydroxyl groups is 1. The van der Waals surface area contributed by atoms with Crippen LogP contribution < -0.4 is 5.11 Å². The number of allylic oxidation sites excluding steroid dienone is 2. The maximum absolute atomic E-state index is 13.5. The van der Waals surface area contributed by atoms with Gasteiger partial charge in [0.05, 0.1) is 6.10 Å². The van der Waals surface area contributed by atoms with E-state index in [4.69, 9.17) is 0 Å². The molecule has 8 atom stereocenters. The summed E-state index contributed by atoms with van der Waals surface area (Å²) in [5.41, 5.74) is 1.10. The van der Waals surface area contributed by atoms with Gasteiger partial charge in [-0.2, -0.15) is 0 Å². The number of carboxylic acids is 1. The van der Waals surface area contributed by atoms with Gasteiger partial charge >= 0.3 is 0 Å². The Morgan fingerprint density at radius 2 is 2.00 bits per heavy atom. The highest BCUT2D eigenvalue weighted by molar-refractivity contribution is 5.97. The van der Waals surface area contributed by atoms with Gasteiger partial charge in [0, 0.05) is 11.4 Å². The van der Waals surface area contributed by atoms with Crippen LogP contribution in [0.3, 0.4) is 0 Å². The second-order valence-corrected chi connectivity index (χ2v) is 10.7. The van der Waals surface area contributed by atoms with Gasteiger partial charge in [-0.1, -0.05) is 26.3 Å². The van der Waals surface area contributed by atoms with E-state index >= 15 is 0 Å². The Kier molecular flexibility index (Phi) is 5.01. The summed E-state index contributed by atoms with van der Waals surface area (Å²) in [5, 5.41) is 21.1. The fraction of sp³-hybridized carbons (Fsp3) is 0.833. The lowest BCUT2D eigenvalue weighted by Gasteiger charge is -2.56. The molecule has 0 saturated heterocycles. The summed E-state index contributed by atoms with van der Waals surface area (Å²) in [7, 11) is 0. The van der Waals surface area contributed by atoms with E-state index in [0.717, 1.165) is 44.9 Å². The van der Waals surface area contributed by atoms with Crippen molar-refractivity contribution in [1.29, 1.82) is 0 Å². The van der Waals surface area contributed by atoms with Crippen molar-refractivity contribution in [2.75, 3.05) is 0 Å². The molecule has 0 heterocycles. The zero-order valence-electron chi connectivity index (χ0n) is 17.6. The first-order valence-corrected chi connectivity index (χ1v) is 11.3. The lowest BCUT2D eigenvalue weighted by molar-refractivity contribution is -0.306.